The number of halogens is 4. The zero-order chi connectivity index (χ0) is 18.1. The van der Waals surface area contributed by atoms with Gasteiger partial charge >= 0.3 is 6.18 Å². The molecule has 1 amide bonds. The van der Waals surface area contributed by atoms with Crippen LogP contribution in [0.2, 0.25) is 0 Å². The molecule has 0 unspecified atom stereocenters. The molecule has 0 saturated heterocycles. The first kappa shape index (κ1) is 18.2. The van der Waals surface area contributed by atoms with Crippen LogP contribution in [0.5, 0.6) is 0 Å². The lowest BCUT2D eigenvalue weighted by Crippen LogP contribution is -2.24. The van der Waals surface area contributed by atoms with E-state index in [9.17, 15) is 22.4 Å². The largest absolute Gasteiger partial charge is 0.416 e. The second-order valence-corrected chi connectivity index (χ2v) is 6.26. The number of carbonyl (C=O) groups is 1. The Labute approximate surface area is 140 Å². The van der Waals surface area contributed by atoms with Crippen molar-refractivity contribution in [3.05, 3.63) is 45.7 Å². The van der Waals surface area contributed by atoms with Gasteiger partial charge in [-0.1, -0.05) is 17.4 Å². The van der Waals surface area contributed by atoms with Crippen LogP contribution in [-0.2, 0) is 12.7 Å². The summed E-state index contributed by atoms with van der Waals surface area (Å²) in [6.45, 7) is 1.29. The van der Waals surface area contributed by atoms with Crippen molar-refractivity contribution in [3.8, 4) is 0 Å². The maximum atomic E-state index is 13.1. The van der Waals surface area contributed by atoms with Crippen molar-refractivity contribution in [3.63, 3.8) is 0 Å². The number of benzene rings is 1. The number of hydrogen-bond donors (Lipinski definition) is 1. The SMILES string of the molecule is Cc1nc(N(C)C)sc1C(=O)NCc1ccc(F)cc1C(F)(F)F. The number of carbonyl (C=O) groups excluding carboxylic acids is 1. The number of nitrogens with zero attached hydrogens (tertiary/aromatic N) is 2. The number of anilines is 1. The lowest BCUT2D eigenvalue weighted by atomic mass is 10.1. The van der Waals surface area contributed by atoms with Gasteiger partial charge < -0.3 is 10.2 Å². The lowest BCUT2D eigenvalue weighted by Gasteiger charge is -2.13. The van der Waals surface area contributed by atoms with Crippen molar-refractivity contribution < 1.29 is 22.4 Å². The van der Waals surface area contributed by atoms with Gasteiger partial charge in [0.25, 0.3) is 5.91 Å². The first-order valence-electron chi connectivity index (χ1n) is 6.88. The van der Waals surface area contributed by atoms with Gasteiger partial charge in [-0.05, 0) is 24.6 Å². The monoisotopic (exact) mass is 361 g/mol. The summed E-state index contributed by atoms with van der Waals surface area (Å²) >= 11 is 1.14. The van der Waals surface area contributed by atoms with E-state index >= 15 is 0 Å². The zero-order valence-electron chi connectivity index (χ0n) is 13.2. The highest BCUT2D eigenvalue weighted by molar-refractivity contribution is 7.17. The van der Waals surface area contributed by atoms with Crippen molar-refractivity contribution in [2.45, 2.75) is 19.6 Å². The fourth-order valence-electron chi connectivity index (χ4n) is 2.01. The van der Waals surface area contributed by atoms with Crippen LogP contribution in [0.15, 0.2) is 18.2 Å². The highest BCUT2D eigenvalue weighted by Crippen LogP contribution is 2.32. The van der Waals surface area contributed by atoms with E-state index in [1.807, 2.05) is 0 Å². The van der Waals surface area contributed by atoms with E-state index in [0.29, 0.717) is 21.8 Å². The Kier molecular flexibility index (Phi) is 5.12. The van der Waals surface area contributed by atoms with Crippen molar-refractivity contribution in [2.75, 3.05) is 19.0 Å². The van der Waals surface area contributed by atoms with Crippen molar-refractivity contribution in [2.24, 2.45) is 0 Å². The van der Waals surface area contributed by atoms with E-state index in [2.05, 4.69) is 10.3 Å². The van der Waals surface area contributed by atoms with Gasteiger partial charge in [-0.3, -0.25) is 4.79 Å². The number of alkyl halides is 3. The van der Waals surface area contributed by atoms with Crippen LogP contribution in [0.4, 0.5) is 22.7 Å². The molecule has 0 radical (unpaired) electrons. The summed E-state index contributed by atoms with van der Waals surface area (Å²) in [5.74, 6) is -1.50. The van der Waals surface area contributed by atoms with Crippen molar-refractivity contribution >= 4 is 22.4 Å². The summed E-state index contributed by atoms with van der Waals surface area (Å²) in [4.78, 5) is 18.5. The second-order valence-electron chi connectivity index (χ2n) is 5.29. The van der Waals surface area contributed by atoms with Crippen LogP contribution in [0.1, 0.15) is 26.5 Å². The molecule has 9 heteroatoms. The standard InChI is InChI=1S/C15H15F4N3OS/c1-8-12(24-14(21-8)22(2)3)13(23)20-7-9-4-5-10(16)6-11(9)15(17,18)19/h4-6H,7H2,1-3H3,(H,20,23). The minimum absolute atomic E-state index is 0.202. The average Bonchev–Trinajstić information content (AvgIpc) is 2.87. The molecule has 2 aromatic rings. The zero-order valence-corrected chi connectivity index (χ0v) is 14.0. The van der Waals surface area contributed by atoms with E-state index in [1.165, 1.54) is 0 Å². The molecule has 4 nitrogen and oxygen atoms in total. The van der Waals surface area contributed by atoms with Gasteiger partial charge in [0, 0.05) is 20.6 Å². The fraction of sp³-hybridized carbons (Fsp3) is 0.333. The van der Waals surface area contributed by atoms with Gasteiger partial charge in [-0.15, -0.1) is 0 Å². The molecule has 0 aliphatic heterocycles. The normalized spacial score (nSPS) is 11.5. The highest BCUT2D eigenvalue weighted by atomic mass is 32.1. The Hall–Kier alpha value is -2.16. The van der Waals surface area contributed by atoms with Crippen molar-refractivity contribution in [1.29, 1.82) is 0 Å². The average molecular weight is 361 g/mol. The highest BCUT2D eigenvalue weighted by Gasteiger charge is 2.33. The number of rotatable bonds is 4. The molecule has 1 aromatic carbocycles. The van der Waals surface area contributed by atoms with Crippen molar-refractivity contribution in [1.82, 2.24) is 10.3 Å². The van der Waals surface area contributed by atoms with E-state index < -0.39 is 23.5 Å². The summed E-state index contributed by atoms with van der Waals surface area (Å²) in [5.41, 5.74) is -0.804. The number of thiazole rings is 1. The third kappa shape index (κ3) is 4.02. The van der Waals surface area contributed by atoms with E-state index in [0.717, 1.165) is 23.5 Å². The number of amides is 1. The van der Waals surface area contributed by atoms with Crippen LogP contribution >= 0.6 is 11.3 Å². The summed E-state index contributed by atoms with van der Waals surface area (Å²) in [5, 5.41) is 3.05. The molecule has 2 rings (SSSR count). The van der Waals surface area contributed by atoms with Gasteiger partial charge in [0.1, 0.15) is 10.7 Å². The van der Waals surface area contributed by atoms with Gasteiger partial charge in [0.15, 0.2) is 5.13 Å². The maximum Gasteiger partial charge on any atom is 0.416 e. The molecule has 1 aromatic heterocycles. The van der Waals surface area contributed by atoms with Gasteiger partial charge in [-0.25, -0.2) is 9.37 Å². The second kappa shape index (κ2) is 6.76. The molecule has 0 fully saturated rings. The van der Waals surface area contributed by atoms with E-state index in [4.69, 9.17) is 0 Å². The first-order chi connectivity index (χ1) is 11.1. The molecular weight excluding hydrogens is 346 g/mol. The third-order valence-electron chi connectivity index (χ3n) is 3.19. The molecule has 0 spiro atoms. The Morgan fingerprint density at radius 2 is 2.00 bits per heavy atom. The smallest absolute Gasteiger partial charge is 0.354 e. The lowest BCUT2D eigenvalue weighted by molar-refractivity contribution is -0.138. The topological polar surface area (TPSA) is 45.2 Å². The third-order valence-corrected chi connectivity index (χ3v) is 4.51. The number of aryl methyl sites for hydroxylation is 1. The summed E-state index contributed by atoms with van der Waals surface area (Å²) in [6, 6.07) is 2.37. The van der Waals surface area contributed by atoms with Gasteiger partial charge in [-0.2, -0.15) is 13.2 Å². The van der Waals surface area contributed by atoms with Crippen LogP contribution in [-0.4, -0.2) is 25.0 Å². The fourth-order valence-corrected chi connectivity index (χ4v) is 2.91. The van der Waals surface area contributed by atoms with Gasteiger partial charge in [0.05, 0.1) is 11.3 Å². The molecule has 0 atom stereocenters. The Bertz CT molecular complexity index is 756. The molecular formula is C15H15F4N3OS. The Morgan fingerprint density at radius 3 is 2.54 bits per heavy atom. The first-order valence-corrected chi connectivity index (χ1v) is 7.70. The van der Waals surface area contributed by atoms with Crippen LogP contribution in [0.25, 0.3) is 0 Å². The van der Waals surface area contributed by atoms with Crippen LogP contribution in [0.3, 0.4) is 0 Å². The maximum absolute atomic E-state index is 13.1. The minimum atomic E-state index is -4.69. The Morgan fingerprint density at radius 1 is 1.33 bits per heavy atom. The molecule has 1 heterocycles. The molecule has 0 aliphatic carbocycles. The summed E-state index contributed by atoms with van der Waals surface area (Å²) in [6.07, 6.45) is -4.69. The van der Waals surface area contributed by atoms with Gasteiger partial charge in [0.2, 0.25) is 0 Å². The number of aromatic nitrogens is 1. The Balaban J connectivity index is 2.18. The molecule has 1 N–H and O–H groups in total. The van der Waals surface area contributed by atoms with E-state index in [-0.39, 0.29) is 12.1 Å². The summed E-state index contributed by atoms with van der Waals surface area (Å²) < 4.78 is 51.9. The number of hydrogen-bond acceptors (Lipinski definition) is 4. The number of nitrogens with one attached hydrogen (secondary N) is 1. The minimum Gasteiger partial charge on any atom is -0.354 e. The molecule has 24 heavy (non-hydrogen) atoms. The molecule has 0 saturated carbocycles. The molecule has 0 aliphatic rings. The quantitative estimate of drug-likeness (QED) is 0.847. The van der Waals surface area contributed by atoms with E-state index in [1.54, 1.807) is 25.9 Å². The van der Waals surface area contributed by atoms with Crippen LogP contribution in [0, 0.1) is 12.7 Å². The summed E-state index contributed by atoms with van der Waals surface area (Å²) in [7, 11) is 3.54. The predicted octanol–water partition coefficient (Wildman–Crippen LogP) is 3.61. The molecule has 0 bridgehead atoms. The molecule has 130 valence electrons. The van der Waals surface area contributed by atoms with Crippen LogP contribution < -0.4 is 10.2 Å². The predicted molar refractivity (Wildman–Crippen MR) is 83.8 cm³/mol.